The van der Waals surface area contributed by atoms with Gasteiger partial charge in [-0.1, -0.05) is 33.6 Å². The maximum absolute atomic E-state index is 9.60. The van der Waals surface area contributed by atoms with Gasteiger partial charge < -0.3 is 5.11 Å². The molecular weight excluding hydrogens is 160 g/mol. The van der Waals surface area contributed by atoms with Crippen LogP contribution in [0.2, 0.25) is 0 Å². The van der Waals surface area contributed by atoms with E-state index in [2.05, 4.69) is 20.8 Å². The molecule has 0 heterocycles. The molecule has 13 heavy (non-hydrogen) atoms. The first kappa shape index (κ1) is 11.0. The van der Waals surface area contributed by atoms with Crippen molar-refractivity contribution >= 4 is 0 Å². The zero-order chi connectivity index (χ0) is 9.90. The maximum Gasteiger partial charge on any atom is 0.0540 e. The fourth-order valence-electron chi connectivity index (χ4n) is 2.32. The topological polar surface area (TPSA) is 20.2 Å². The second kappa shape index (κ2) is 4.45. The number of rotatable bonds is 0. The van der Waals surface area contributed by atoms with Gasteiger partial charge in [-0.15, -0.1) is 0 Å². The first-order valence-corrected chi connectivity index (χ1v) is 5.68. The Labute approximate surface area is 82.5 Å². The van der Waals surface area contributed by atoms with Gasteiger partial charge in [0, 0.05) is 0 Å². The summed E-state index contributed by atoms with van der Waals surface area (Å²) in [6, 6.07) is 0. The van der Waals surface area contributed by atoms with Crippen molar-refractivity contribution in [2.75, 3.05) is 0 Å². The molecule has 0 radical (unpaired) electrons. The van der Waals surface area contributed by atoms with Gasteiger partial charge in [-0.2, -0.15) is 0 Å². The van der Waals surface area contributed by atoms with Gasteiger partial charge in [0.1, 0.15) is 0 Å². The van der Waals surface area contributed by atoms with Crippen molar-refractivity contribution in [3.63, 3.8) is 0 Å². The van der Waals surface area contributed by atoms with Gasteiger partial charge in [0.05, 0.1) is 6.10 Å². The van der Waals surface area contributed by atoms with E-state index in [9.17, 15) is 5.11 Å². The summed E-state index contributed by atoms with van der Waals surface area (Å²) in [5.41, 5.74) is 0.428. The third-order valence-electron chi connectivity index (χ3n) is 3.41. The number of hydrogen-bond acceptors (Lipinski definition) is 1. The Bertz CT molecular complexity index is 146. The highest BCUT2D eigenvalue weighted by Crippen LogP contribution is 2.35. The standard InChI is InChI=1S/C12H24O/c1-12(2,3)10-6-4-5-7-11(13)9-8-10/h10-11,13H,4-9H2,1-3H3. The Kier molecular flexibility index (Phi) is 3.78. The van der Waals surface area contributed by atoms with E-state index in [4.69, 9.17) is 0 Å². The van der Waals surface area contributed by atoms with Gasteiger partial charge in [0.2, 0.25) is 0 Å². The molecule has 1 fully saturated rings. The van der Waals surface area contributed by atoms with Crippen LogP contribution in [0.5, 0.6) is 0 Å². The molecule has 0 aromatic rings. The molecule has 2 unspecified atom stereocenters. The zero-order valence-electron chi connectivity index (χ0n) is 9.34. The molecular formula is C12H24O. The Hall–Kier alpha value is -0.0400. The van der Waals surface area contributed by atoms with E-state index in [1.54, 1.807) is 0 Å². The predicted octanol–water partition coefficient (Wildman–Crippen LogP) is 3.36. The minimum atomic E-state index is -0.0230. The summed E-state index contributed by atoms with van der Waals surface area (Å²) in [5.74, 6) is 0.808. The molecule has 0 amide bonds. The average Bonchev–Trinajstić information content (AvgIpc) is 1.94. The van der Waals surface area contributed by atoms with Crippen LogP contribution >= 0.6 is 0 Å². The lowest BCUT2D eigenvalue weighted by atomic mass is 9.73. The van der Waals surface area contributed by atoms with Gasteiger partial charge in [0.25, 0.3) is 0 Å². The second-order valence-electron chi connectivity index (χ2n) is 5.58. The number of aliphatic hydroxyl groups is 1. The largest absolute Gasteiger partial charge is 0.393 e. The van der Waals surface area contributed by atoms with Crippen LogP contribution in [0.1, 0.15) is 59.3 Å². The van der Waals surface area contributed by atoms with Crippen LogP contribution in [0.3, 0.4) is 0 Å². The quantitative estimate of drug-likeness (QED) is 0.612. The SMILES string of the molecule is CC(C)(C)C1CCCCC(O)CC1. The molecule has 78 valence electrons. The van der Waals surface area contributed by atoms with E-state index in [1.165, 1.54) is 25.7 Å². The second-order valence-corrected chi connectivity index (χ2v) is 5.58. The molecule has 1 rings (SSSR count). The normalized spacial score (nSPS) is 32.3. The zero-order valence-corrected chi connectivity index (χ0v) is 9.34. The van der Waals surface area contributed by atoms with Crippen molar-refractivity contribution in [2.45, 2.75) is 65.4 Å². The highest BCUT2D eigenvalue weighted by Gasteiger charge is 2.25. The molecule has 1 aliphatic carbocycles. The highest BCUT2D eigenvalue weighted by atomic mass is 16.3. The van der Waals surface area contributed by atoms with Gasteiger partial charge in [-0.25, -0.2) is 0 Å². The Morgan fingerprint density at radius 1 is 0.923 bits per heavy atom. The molecule has 0 saturated heterocycles. The predicted molar refractivity (Wildman–Crippen MR) is 56.7 cm³/mol. The van der Waals surface area contributed by atoms with Crippen LogP contribution < -0.4 is 0 Å². The van der Waals surface area contributed by atoms with E-state index < -0.39 is 0 Å². The van der Waals surface area contributed by atoms with E-state index >= 15 is 0 Å². The fourth-order valence-corrected chi connectivity index (χ4v) is 2.32. The van der Waals surface area contributed by atoms with Crippen LogP contribution in [0, 0.1) is 11.3 Å². The minimum Gasteiger partial charge on any atom is -0.393 e. The van der Waals surface area contributed by atoms with Crippen LogP contribution in [0.4, 0.5) is 0 Å². The summed E-state index contributed by atoms with van der Waals surface area (Å²) >= 11 is 0. The first-order chi connectivity index (χ1) is 6.00. The lowest BCUT2D eigenvalue weighted by molar-refractivity contribution is 0.105. The summed E-state index contributed by atoms with van der Waals surface area (Å²) in [7, 11) is 0. The van der Waals surface area contributed by atoms with Gasteiger partial charge in [-0.05, 0) is 37.0 Å². The molecule has 1 saturated carbocycles. The summed E-state index contributed by atoms with van der Waals surface area (Å²) in [5, 5.41) is 9.60. The molecule has 0 aliphatic heterocycles. The lowest BCUT2D eigenvalue weighted by Gasteiger charge is -2.33. The molecule has 1 aliphatic rings. The van der Waals surface area contributed by atoms with Crippen LogP contribution in [0.15, 0.2) is 0 Å². The molecule has 0 aromatic heterocycles. The first-order valence-electron chi connectivity index (χ1n) is 5.68. The summed E-state index contributed by atoms with van der Waals surface area (Å²) in [6.45, 7) is 6.98. The Morgan fingerprint density at radius 2 is 1.54 bits per heavy atom. The van der Waals surface area contributed by atoms with E-state index in [0.29, 0.717) is 5.41 Å². The third-order valence-corrected chi connectivity index (χ3v) is 3.41. The van der Waals surface area contributed by atoms with Crippen molar-refractivity contribution in [1.82, 2.24) is 0 Å². The van der Waals surface area contributed by atoms with Gasteiger partial charge >= 0.3 is 0 Å². The molecule has 1 N–H and O–H groups in total. The van der Waals surface area contributed by atoms with E-state index in [1.807, 2.05) is 0 Å². The van der Waals surface area contributed by atoms with Gasteiger partial charge in [0.15, 0.2) is 0 Å². The molecule has 1 nitrogen and oxygen atoms in total. The third kappa shape index (κ3) is 3.68. The lowest BCUT2D eigenvalue weighted by Crippen LogP contribution is -2.24. The van der Waals surface area contributed by atoms with Crippen LogP contribution in [-0.2, 0) is 0 Å². The summed E-state index contributed by atoms with van der Waals surface area (Å²) < 4.78 is 0. The van der Waals surface area contributed by atoms with Crippen LogP contribution in [-0.4, -0.2) is 11.2 Å². The maximum atomic E-state index is 9.60. The molecule has 2 atom stereocenters. The van der Waals surface area contributed by atoms with Crippen LogP contribution in [0.25, 0.3) is 0 Å². The number of hydrogen-bond donors (Lipinski definition) is 1. The Balaban J connectivity index is 2.46. The molecule has 0 spiro atoms. The fraction of sp³-hybridized carbons (Fsp3) is 1.00. The van der Waals surface area contributed by atoms with Crippen molar-refractivity contribution in [3.05, 3.63) is 0 Å². The van der Waals surface area contributed by atoms with Gasteiger partial charge in [-0.3, -0.25) is 0 Å². The van der Waals surface area contributed by atoms with E-state index in [0.717, 1.165) is 18.8 Å². The Morgan fingerprint density at radius 3 is 2.15 bits per heavy atom. The van der Waals surface area contributed by atoms with Crippen molar-refractivity contribution in [3.8, 4) is 0 Å². The van der Waals surface area contributed by atoms with Crippen molar-refractivity contribution in [1.29, 1.82) is 0 Å². The molecule has 0 aromatic carbocycles. The van der Waals surface area contributed by atoms with Crippen molar-refractivity contribution in [2.24, 2.45) is 11.3 Å². The highest BCUT2D eigenvalue weighted by molar-refractivity contribution is 4.77. The molecule has 0 bridgehead atoms. The van der Waals surface area contributed by atoms with E-state index in [-0.39, 0.29) is 6.10 Å². The monoisotopic (exact) mass is 184 g/mol. The molecule has 1 heteroatoms. The minimum absolute atomic E-state index is 0.0230. The average molecular weight is 184 g/mol. The summed E-state index contributed by atoms with van der Waals surface area (Å²) in [6.07, 6.45) is 7.11. The van der Waals surface area contributed by atoms with Crippen molar-refractivity contribution < 1.29 is 5.11 Å². The number of aliphatic hydroxyl groups excluding tert-OH is 1. The summed E-state index contributed by atoms with van der Waals surface area (Å²) in [4.78, 5) is 0. The smallest absolute Gasteiger partial charge is 0.0540 e.